The maximum Gasteiger partial charge on any atom is 0.305 e. The molecule has 2 atom stereocenters. The monoisotopic (exact) mass is 1000 g/mol. The van der Waals surface area contributed by atoms with E-state index < -0.39 is 12.1 Å². The Hall–Kier alpha value is -1.40. The van der Waals surface area contributed by atoms with Gasteiger partial charge in [0, 0.05) is 12.8 Å². The van der Waals surface area contributed by atoms with Crippen LogP contribution in [0.15, 0.2) is 12.2 Å². The van der Waals surface area contributed by atoms with Crippen LogP contribution in [0.1, 0.15) is 367 Å². The highest BCUT2D eigenvalue weighted by Crippen LogP contribution is 2.18. The normalized spacial score (nSPS) is 12.6. The van der Waals surface area contributed by atoms with Gasteiger partial charge in [-0.25, -0.2) is 0 Å². The van der Waals surface area contributed by atoms with E-state index in [2.05, 4.69) is 19.2 Å². The van der Waals surface area contributed by atoms with Crippen LogP contribution in [-0.4, -0.2) is 47.4 Å². The third kappa shape index (κ3) is 57.7. The number of carbonyl (C=O) groups excluding carboxylic acids is 2. The summed E-state index contributed by atoms with van der Waals surface area (Å²) in [6.07, 6.45) is 74.0. The molecule has 0 radical (unpaired) electrons. The SMILES string of the molecule is CCCCCCCCCCCCCCCCCCCCCCC/C=C/C(O)C(CO)NC(=O)CCCCCCCCCCCCCCCCCCOC(=O)CCCCCCCCCCCCCCCCC. The number of hydrogen-bond acceptors (Lipinski definition) is 5. The highest BCUT2D eigenvalue weighted by atomic mass is 16.5. The van der Waals surface area contributed by atoms with Gasteiger partial charge >= 0.3 is 5.97 Å². The molecular weight excluding hydrogens is 875 g/mol. The lowest BCUT2D eigenvalue weighted by molar-refractivity contribution is -0.143. The van der Waals surface area contributed by atoms with Gasteiger partial charge in [0.2, 0.25) is 5.91 Å². The Morgan fingerprint density at radius 1 is 0.380 bits per heavy atom. The summed E-state index contributed by atoms with van der Waals surface area (Å²) in [5.74, 6) is -0.0640. The van der Waals surface area contributed by atoms with E-state index in [4.69, 9.17) is 4.74 Å². The summed E-state index contributed by atoms with van der Waals surface area (Å²) in [6.45, 7) is 4.93. The van der Waals surface area contributed by atoms with Gasteiger partial charge in [0.1, 0.15) is 0 Å². The fourth-order valence-corrected chi connectivity index (χ4v) is 10.3. The molecule has 0 heterocycles. The smallest absolute Gasteiger partial charge is 0.305 e. The minimum atomic E-state index is -0.849. The van der Waals surface area contributed by atoms with Gasteiger partial charge < -0.3 is 20.3 Å². The van der Waals surface area contributed by atoms with Crippen molar-refractivity contribution >= 4 is 11.9 Å². The number of allylic oxidation sites excluding steroid dienone is 1. The molecule has 0 aliphatic carbocycles. The molecule has 0 saturated heterocycles. The van der Waals surface area contributed by atoms with Gasteiger partial charge in [0.25, 0.3) is 0 Å². The lowest BCUT2D eigenvalue weighted by atomic mass is 10.0. The molecule has 0 aromatic rings. The van der Waals surface area contributed by atoms with Crippen LogP contribution in [-0.2, 0) is 14.3 Å². The Morgan fingerprint density at radius 3 is 0.958 bits per heavy atom. The van der Waals surface area contributed by atoms with E-state index in [9.17, 15) is 19.8 Å². The van der Waals surface area contributed by atoms with E-state index in [-0.39, 0.29) is 18.5 Å². The van der Waals surface area contributed by atoms with Crippen LogP contribution in [0.5, 0.6) is 0 Å². The maximum absolute atomic E-state index is 12.5. The summed E-state index contributed by atoms with van der Waals surface area (Å²) in [4.78, 5) is 24.6. The summed E-state index contributed by atoms with van der Waals surface area (Å²) in [6, 6.07) is -0.633. The Labute approximate surface area is 444 Å². The second kappa shape index (κ2) is 61.1. The van der Waals surface area contributed by atoms with Crippen LogP contribution < -0.4 is 5.32 Å². The second-order valence-electron chi connectivity index (χ2n) is 22.5. The van der Waals surface area contributed by atoms with Gasteiger partial charge in [-0.2, -0.15) is 0 Å². The molecule has 71 heavy (non-hydrogen) atoms. The summed E-state index contributed by atoms with van der Waals surface area (Å²) in [5, 5.41) is 23.2. The molecule has 3 N–H and O–H groups in total. The van der Waals surface area contributed by atoms with Crippen LogP contribution in [0.2, 0.25) is 0 Å². The maximum atomic E-state index is 12.5. The number of carbonyl (C=O) groups is 2. The quantitative estimate of drug-likeness (QED) is 0.0320. The lowest BCUT2D eigenvalue weighted by Gasteiger charge is -2.20. The summed E-state index contributed by atoms with van der Waals surface area (Å²) in [7, 11) is 0. The predicted octanol–water partition coefficient (Wildman–Crippen LogP) is 20.4. The van der Waals surface area contributed by atoms with Crippen molar-refractivity contribution in [1.82, 2.24) is 5.32 Å². The van der Waals surface area contributed by atoms with Crippen molar-refractivity contribution < 1.29 is 24.5 Å². The summed E-state index contributed by atoms with van der Waals surface area (Å²) < 4.78 is 5.49. The van der Waals surface area contributed by atoms with Crippen molar-refractivity contribution in [3.63, 3.8) is 0 Å². The molecule has 0 spiro atoms. The number of esters is 1. The van der Waals surface area contributed by atoms with Gasteiger partial charge in [-0.15, -0.1) is 0 Å². The molecule has 6 nitrogen and oxygen atoms in total. The molecule has 0 rings (SSSR count). The molecule has 0 aliphatic rings. The zero-order chi connectivity index (χ0) is 51.4. The zero-order valence-corrected chi connectivity index (χ0v) is 48.2. The number of nitrogens with one attached hydrogen (secondary N) is 1. The van der Waals surface area contributed by atoms with Crippen molar-refractivity contribution in [3.8, 4) is 0 Å². The molecule has 0 aliphatic heterocycles. The van der Waals surface area contributed by atoms with E-state index in [1.54, 1.807) is 6.08 Å². The van der Waals surface area contributed by atoms with Gasteiger partial charge in [-0.05, 0) is 32.1 Å². The first-order valence-corrected chi connectivity index (χ1v) is 32.5. The Bertz CT molecular complexity index is 1060. The van der Waals surface area contributed by atoms with E-state index in [0.29, 0.717) is 19.4 Å². The summed E-state index contributed by atoms with van der Waals surface area (Å²) >= 11 is 0. The number of ether oxygens (including phenoxy) is 1. The van der Waals surface area contributed by atoms with Crippen molar-refractivity contribution in [2.24, 2.45) is 0 Å². The van der Waals surface area contributed by atoms with Crippen LogP contribution >= 0.6 is 0 Å². The van der Waals surface area contributed by atoms with E-state index in [1.165, 1.54) is 295 Å². The molecule has 0 saturated carbocycles. The number of aliphatic hydroxyl groups is 2. The van der Waals surface area contributed by atoms with Gasteiger partial charge in [0.15, 0.2) is 0 Å². The molecule has 0 aromatic carbocycles. The topological polar surface area (TPSA) is 95.9 Å². The fourth-order valence-electron chi connectivity index (χ4n) is 10.3. The molecule has 0 fully saturated rings. The number of hydrogen-bond donors (Lipinski definition) is 3. The first-order chi connectivity index (χ1) is 35.0. The Kier molecular flexibility index (Phi) is 59.9. The van der Waals surface area contributed by atoms with E-state index in [0.717, 1.165) is 44.9 Å². The van der Waals surface area contributed by atoms with Gasteiger partial charge in [0.05, 0.1) is 25.4 Å². The van der Waals surface area contributed by atoms with Gasteiger partial charge in [-0.1, -0.05) is 334 Å². The average Bonchev–Trinajstić information content (AvgIpc) is 3.37. The fraction of sp³-hybridized carbons (Fsp3) is 0.938. The Balaban J connectivity index is 3.44. The predicted molar refractivity (Wildman–Crippen MR) is 310 cm³/mol. The lowest BCUT2D eigenvalue weighted by Crippen LogP contribution is -2.45. The average molecular weight is 1000 g/mol. The second-order valence-corrected chi connectivity index (χ2v) is 22.5. The van der Waals surface area contributed by atoms with E-state index in [1.807, 2.05) is 6.08 Å². The van der Waals surface area contributed by atoms with Crippen molar-refractivity contribution in [2.75, 3.05) is 13.2 Å². The minimum absolute atomic E-state index is 0.00621. The van der Waals surface area contributed by atoms with Crippen molar-refractivity contribution in [2.45, 2.75) is 379 Å². The molecular formula is C65H127NO5. The standard InChI is InChI=1S/C65H127NO5/c1-3-5-7-9-11-13-15-17-19-20-21-22-23-24-25-26-30-33-37-41-45-49-53-57-63(68)62(61-67)66-64(69)58-54-50-46-42-38-34-31-27-28-32-36-40-44-48-52-56-60-71-65(70)59-55-51-47-43-39-35-29-18-16-14-12-10-8-6-4-2/h53,57,62-63,67-68H,3-52,54-56,58-61H2,1-2H3,(H,66,69)/b57-53+. The highest BCUT2D eigenvalue weighted by molar-refractivity contribution is 5.76. The number of unbranched alkanes of at least 4 members (excludes halogenated alkanes) is 50. The molecule has 0 aromatic heterocycles. The molecule has 1 amide bonds. The Morgan fingerprint density at radius 2 is 0.648 bits per heavy atom. The highest BCUT2D eigenvalue weighted by Gasteiger charge is 2.18. The molecule has 2 unspecified atom stereocenters. The zero-order valence-electron chi connectivity index (χ0n) is 48.2. The van der Waals surface area contributed by atoms with E-state index >= 15 is 0 Å². The van der Waals surface area contributed by atoms with Crippen LogP contribution in [0, 0.1) is 0 Å². The minimum Gasteiger partial charge on any atom is -0.466 e. The third-order valence-corrected chi connectivity index (χ3v) is 15.3. The van der Waals surface area contributed by atoms with Crippen LogP contribution in [0.25, 0.3) is 0 Å². The number of rotatable bonds is 61. The number of amides is 1. The van der Waals surface area contributed by atoms with Crippen molar-refractivity contribution in [3.05, 3.63) is 12.2 Å². The summed E-state index contributed by atoms with van der Waals surface area (Å²) in [5.41, 5.74) is 0. The molecule has 0 bridgehead atoms. The molecule has 422 valence electrons. The van der Waals surface area contributed by atoms with Crippen LogP contribution in [0.3, 0.4) is 0 Å². The first kappa shape index (κ1) is 69.6. The van der Waals surface area contributed by atoms with Gasteiger partial charge in [-0.3, -0.25) is 9.59 Å². The third-order valence-electron chi connectivity index (χ3n) is 15.3. The first-order valence-electron chi connectivity index (χ1n) is 32.5. The molecule has 6 heteroatoms. The largest absolute Gasteiger partial charge is 0.466 e. The van der Waals surface area contributed by atoms with Crippen molar-refractivity contribution in [1.29, 1.82) is 0 Å². The number of aliphatic hydroxyl groups excluding tert-OH is 2. The van der Waals surface area contributed by atoms with Crippen LogP contribution in [0.4, 0.5) is 0 Å².